The molecule has 0 saturated heterocycles. The van der Waals surface area contributed by atoms with Gasteiger partial charge in [-0.05, 0) is 53.9 Å². The van der Waals surface area contributed by atoms with Gasteiger partial charge < -0.3 is 14.5 Å². The van der Waals surface area contributed by atoms with E-state index in [1.807, 2.05) is 24.3 Å². The molecule has 0 aromatic heterocycles. The second-order valence-corrected chi connectivity index (χ2v) is 8.75. The molecule has 1 radical (unpaired) electrons. The first-order valence-corrected chi connectivity index (χ1v) is 11.4. The summed E-state index contributed by atoms with van der Waals surface area (Å²) in [4.78, 5) is 29.1. The maximum absolute atomic E-state index is 14.1. The molecule has 0 N–H and O–H groups in total. The summed E-state index contributed by atoms with van der Waals surface area (Å²) in [6.07, 6.45) is 0.650. The van der Waals surface area contributed by atoms with E-state index in [4.69, 9.17) is 16.3 Å². The van der Waals surface area contributed by atoms with Gasteiger partial charge in [-0.1, -0.05) is 35.9 Å². The van der Waals surface area contributed by atoms with Crippen LogP contribution in [-0.2, 0) is 21.1 Å². The van der Waals surface area contributed by atoms with Crippen LogP contribution in [0.15, 0.2) is 60.7 Å². The maximum atomic E-state index is 14.1. The van der Waals surface area contributed by atoms with Crippen LogP contribution in [0.25, 0.3) is 0 Å². The van der Waals surface area contributed by atoms with Gasteiger partial charge in [0.05, 0.1) is 11.7 Å². The van der Waals surface area contributed by atoms with Gasteiger partial charge in [0.25, 0.3) is 5.91 Å². The van der Waals surface area contributed by atoms with Crippen LogP contribution in [0.5, 0.6) is 11.5 Å². The lowest BCUT2D eigenvalue weighted by Gasteiger charge is -2.38. The van der Waals surface area contributed by atoms with E-state index in [2.05, 4.69) is 0 Å². The molecular weight excluding hydrogens is 459 g/mol. The summed E-state index contributed by atoms with van der Waals surface area (Å²) in [5.74, 6) is -0.830. The van der Waals surface area contributed by atoms with Crippen molar-refractivity contribution in [2.24, 2.45) is 0 Å². The molecule has 0 fully saturated rings. The number of halogens is 2. The van der Waals surface area contributed by atoms with Crippen molar-refractivity contribution in [3.05, 3.63) is 88.2 Å². The van der Waals surface area contributed by atoms with Gasteiger partial charge in [0, 0.05) is 30.1 Å². The Hall–Kier alpha value is -3.58. The molecule has 6 nitrogen and oxygen atoms in total. The molecule has 1 atom stereocenters. The van der Waals surface area contributed by atoms with Crippen molar-refractivity contribution in [3.63, 3.8) is 0 Å². The van der Waals surface area contributed by atoms with Gasteiger partial charge in [0.15, 0.2) is 12.4 Å². The zero-order valence-corrected chi connectivity index (χ0v) is 18.9. The first-order chi connectivity index (χ1) is 16.4. The number of benzene rings is 3. The van der Waals surface area contributed by atoms with E-state index in [1.165, 1.54) is 17.0 Å². The average Bonchev–Trinajstić information content (AvgIpc) is 2.84. The molecule has 173 valence electrons. The van der Waals surface area contributed by atoms with E-state index >= 15 is 0 Å². The van der Waals surface area contributed by atoms with Crippen LogP contribution in [0.1, 0.15) is 29.2 Å². The third-order valence-corrected chi connectivity index (χ3v) is 6.52. The van der Waals surface area contributed by atoms with E-state index < -0.39 is 11.9 Å². The molecule has 3 aromatic carbocycles. The third-order valence-electron chi connectivity index (χ3n) is 6.28. The van der Waals surface area contributed by atoms with E-state index in [-0.39, 0.29) is 42.7 Å². The smallest absolute Gasteiger partial charge is 0.265 e. The summed E-state index contributed by atoms with van der Waals surface area (Å²) in [6.45, 7) is 0.397. The molecule has 2 aliphatic heterocycles. The Morgan fingerprint density at radius 2 is 1.91 bits per heavy atom. The molecule has 5 rings (SSSR count). The van der Waals surface area contributed by atoms with Crippen LogP contribution in [0.2, 0.25) is 5.02 Å². The normalized spacial score (nSPS) is 17.1. The Balaban J connectivity index is 1.44. The quantitative estimate of drug-likeness (QED) is 0.533. The minimum absolute atomic E-state index is 0.0276. The summed E-state index contributed by atoms with van der Waals surface area (Å²) in [5.41, 5.74) is 2.57. The number of rotatable bonds is 4. The molecular formula is C26H21ClFN2O4. The molecule has 2 aliphatic rings. The molecule has 0 spiro atoms. The number of amides is 2. The predicted octanol–water partition coefficient (Wildman–Crippen LogP) is 4.91. The van der Waals surface area contributed by atoms with E-state index in [0.717, 1.165) is 17.2 Å². The number of hydrogen-bond acceptors (Lipinski definition) is 3. The fourth-order valence-electron chi connectivity index (χ4n) is 4.68. The summed E-state index contributed by atoms with van der Waals surface area (Å²) >= 11 is 6.11. The Kier molecular flexibility index (Phi) is 5.87. The maximum Gasteiger partial charge on any atom is 0.265 e. The van der Waals surface area contributed by atoms with E-state index in [9.17, 15) is 19.1 Å². The van der Waals surface area contributed by atoms with Crippen LogP contribution >= 0.6 is 11.6 Å². The minimum atomic E-state index is -0.692. The molecule has 0 aliphatic carbocycles. The molecule has 0 bridgehead atoms. The monoisotopic (exact) mass is 479 g/mol. The molecule has 2 heterocycles. The highest BCUT2D eigenvalue weighted by atomic mass is 35.5. The number of carbonyl (C=O) groups is 2. The van der Waals surface area contributed by atoms with Gasteiger partial charge in [0.1, 0.15) is 11.6 Å². The van der Waals surface area contributed by atoms with Crippen LogP contribution < -0.4 is 9.64 Å². The van der Waals surface area contributed by atoms with Gasteiger partial charge >= 0.3 is 0 Å². The number of fused-ring (bicyclic) bond motifs is 2. The Bertz CT molecular complexity index is 1280. The van der Waals surface area contributed by atoms with E-state index in [1.54, 1.807) is 23.1 Å². The number of nitrogens with zero attached hydrogens (tertiary/aromatic N) is 2. The average molecular weight is 480 g/mol. The Morgan fingerprint density at radius 1 is 1.09 bits per heavy atom. The van der Waals surface area contributed by atoms with Crippen LogP contribution in [0.4, 0.5) is 10.1 Å². The van der Waals surface area contributed by atoms with Crippen molar-refractivity contribution in [2.75, 3.05) is 24.6 Å². The Morgan fingerprint density at radius 3 is 2.76 bits per heavy atom. The molecule has 0 saturated carbocycles. The number of hydrogen-bond donors (Lipinski definition) is 0. The standard InChI is InChI=1S/C26H21ClFN2O4/c27-17-5-8-23-21(13-17)29(25(33)15-34-23)12-10-24(32)30-11-9-16-3-1-2-4-19(16)26(30)20-14-18(28)6-7-22(20)31/h1-8,13-14,26H,9-12,15H2. The largest absolute Gasteiger partial charge is 0.482 e. The highest BCUT2D eigenvalue weighted by Gasteiger charge is 2.35. The summed E-state index contributed by atoms with van der Waals surface area (Å²) in [5, 5.41) is 13.1. The van der Waals surface area contributed by atoms with Gasteiger partial charge in [-0.2, -0.15) is 0 Å². The number of carbonyl (C=O) groups excluding carboxylic acids is 2. The zero-order chi connectivity index (χ0) is 23.8. The molecule has 2 amide bonds. The fourth-order valence-corrected chi connectivity index (χ4v) is 4.84. The topological polar surface area (TPSA) is 69.8 Å². The third kappa shape index (κ3) is 4.07. The number of anilines is 1. The predicted molar refractivity (Wildman–Crippen MR) is 124 cm³/mol. The van der Waals surface area contributed by atoms with Crippen molar-refractivity contribution in [1.82, 2.24) is 4.90 Å². The molecule has 1 unspecified atom stereocenters. The van der Waals surface area contributed by atoms with Gasteiger partial charge in [-0.3, -0.25) is 14.7 Å². The molecule has 8 heteroatoms. The van der Waals surface area contributed by atoms with Crippen molar-refractivity contribution in [2.45, 2.75) is 18.9 Å². The van der Waals surface area contributed by atoms with E-state index in [0.29, 0.717) is 29.4 Å². The first kappa shape index (κ1) is 22.2. The number of ether oxygens (including phenoxy) is 1. The van der Waals surface area contributed by atoms with Crippen molar-refractivity contribution in [3.8, 4) is 11.5 Å². The van der Waals surface area contributed by atoms with Crippen LogP contribution in [0.3, 0.4) is 0 Å². The summed E-state index contributed by atoms with van der Waals surface area (Å²) in [7, 11) is 0. The first-order valence-electron chi connectivity index (χ1n) is 11.0. The lowest BCUT2D eigenvalue weighted by Crippen LogP contribution is -2.44. The van der Waals surface area contributed by atoms with Gasteiger partial charge in [-0.25, -0.2) is 4.39 Å². The van der Waals surface area contributed by atoms with Crippen molar-refractivity contribution in [1.29, 1.82) is 0 Å². The zero-order valence-electron chi connectivity index (χ0n) is 18.2. The molecule has 34 heavy (non-hydrogen) atoms. The fraction of sp³-hybridized carbons (Fsp3) is 0.231. The van der Waals surface area contributed by atoms with Crippen molar-refractivity contribution < 1.29 is 23.8 Å². The highest BCUT2D eigenvalue weighted by Crippen LogP contribution is 2.40. The second-order valence-electron chi connectivity index (χ2n) is 8.32. The summed E-state index contributed by atoms with van der Waals surface area (Å²) in [6, 6.07) is 15.4. The minimum Gasteiger partial charge on any atom is -0.482 e. The van der Waals surface area contributed by atoms with Gasteiger partial charge in [0.2, 0.25) is 5.91 Å². The highest BCUT2D eigenvalue weighted by molar-refractivity contribution is 6.31. The lowest BCUT2D eigenvalue weighted by atomic mass is 9.87. The van der Waals surface area contributed by atoms with Gasteiger partial charge in [-0.15, -0.1) is 0 Å². The molecule has 3 aromatic rings. The van der Waals surface area contributed by atoms with Crippen LogP contribution in [0, 0.1) is 5.82 Å². The second kappa shape index (κ2) is 8.99. The lowest BCUT2D eigenvalue weighted by molar-refractivity contribution is -0.133. The SMILES string of the molecule is [O]c1ccc(F)cc1C1c2ccccc2CCN1C(=O)CCN1C(=O)COc2ccc(Cl)cc21. The summed E-state index contributed by atoms with van der Waals surface area (Å²) < 4.78 is 19.6. The van der Waals surface area contributed by atoms with Crippen molar-refractivity contribution >= 4 is 29.1 Å². The van der Waals surface area contributed by atoms with Crippen LogP contribution in [-0.4, -0.2) is 36.4 Å². The Labute approximate surface area is 201 Å².